The average Bonchev–Trinajstić information content (AvgIpc) is 2.76. The molecule has 0 N–H and O–H groups in total. The van der Waals surface area contributed by atoms with E-state index in [-0.39, 0.29) is 11.9 Å². The summed E-state index contributed by atoms with van der Waals surface area (Å²) in [5.41, 5.74) is 0. The minimum Gasteiger partial charge on any atom is -0.347 e. The number of nitrogens with zero attached hydrogens (tertiary/aromatic N) is 1. The molecule has 0 aromatic heterocycles. The van der Waals surface area contributed by atoms with Gasteiger partial charge in [0.1, 0.15) is 0 Å². The number of hydrogen-bond acceptors (Lipinski definition) is 3. The van der Waals surface area contributed by atoms with Crippen LogP contribution >= 0.6 is 0 Å². The van der Waals surface area contributed by atoms with Crippen LogP contribution in [0, 0.1) is 5.92 Å². The summed E-state index contributed by atoms with van der Waals surface area (Å²) in [5.74, 6) is 0.689. The van der Waals surface area contributed by atoms with E-state index in [2.05, 4.69) is 25.8 Å². The summed E-state index contributed by atoms with van der Waals surface area (Å²) in [6, 6.07) is 0. The van der Waals surface area contributed by atoms with E-state index < -0.39 is 0 Å². The highest BCUT2D eigenvalue weighted by atomic mass is 16.7. The van der Waals surface area contributed by atoms with Crippen molar-refractivity contribution in [2.75, 3.05) is 26.7 Å². The topological polar surface area (TPSA) is 21.7 Å². The zero-order valence-corrected chi connectivity index (χ0v) is 12.3. The van der Waals surface area contributed by atoms with Crippen LogP contribution in [0.3, 0.4) is 0 Å². The van der Waals surface area contributed by atoms with Crippen LogP contribution < -0.4 is 0 Å². The van der Waals surface area contributed by atoms with E-state index in [0.29, 0.717) is 0 Å². The van der Waals surface area contributed by atoms with Gasteiger partial charge in [0.25, 0.3) is 0 Å². The maximum atomic E-state index is 6.22. The molecule has 1 atom stereocenters. The SMILES string of the molecule is CCCC1CCC2(CC1)OCC(CN(C)CC)O2. The average molecular weight is 255 g/mol. The fourth-order valence-electron chi connectivity index (χ4n) is 3.26. The Labute approximate surface area is 112 Å². The van der Waals surface area contributed by atoms with E-state index in [1.165, 1.54) is 25.7 Å². The number of rotatable bonds is 5. The molecule has 1 aliphatic heterocycles. The molecule has 0 bridgehead atoms. The van der Waals surface area contributed by atoms with E-state index in [0.717, 1.165) is 38.5 Å². The van der Waals surface area contributed by atoms with Gasteiger partial charge in [0, 0.05) is 19.4 Å². The van der Waals surface area contributed by atoms with Gasteiger partial charge in [-0.2, -0.15) is 0 Å². The van der Waals surface area contributed by atoms with Gasteiger partial charge in [-0.25, -0.2) is 0 Å². The molecule has 3 nitrogen and oxygen atoms in total. The van der Waals surface area contributed by atoms with Crippen molar-refractivity contribution in [2.45, 2.75) is 64.3 Å². The van der Waals surface area contributed by atoms with E-state index in [1.807, 2.05) is 0 Å². The molecule has 0 radical (unpaired) electrons. The van der Waals surface area contributed by atoms with Crippen molar-refractivity contribution in [3.63, 3.8) is 0 Å². The number of likely N-dealkylation sites (N-methyl/N-ethyl adjacent to an activating group) is 1. The van der Waals surface area contributed by atoms with Crippen molar-refractivity contribution < 1.29 is 9.47 Å². The maximum Gasteiger partial charge on any atom is 0.168 e. The van der Waals surface area contributed by atoms with Gasteiger partial charge >= 0.3 is 0 Å². The van der Waals surface area contributed by atoms with Crippen LogP contribution in [0.15, 0.2) is 0 Å². The van der Waals surface area contributed by atoms with Crippen LogP contribution in [0.4, 0.5) is 0 Å². The lowest BCUT2D eigenvalue weighted by Gasteiger charge is -2.36. The first-order chi connectivity index (χ1) is 8.67. The fourth-order valence-corrected chi connectivity index (χ4v) is 3.26. The highest BCUT2D eigenvalue weighted by Gasteiger charge is 2.43. The summed E-state index contributed by atoms with van der Waals surface area (Å²) in [6.07, 6.45) is 7.72. The van der Waals surface area contributed by atoms with Crippen molar-refractivity contribution in [1.29, 1.82) is 0 Å². The third-order valence-corrected chi connectivity index (χ3v) is 4.53. The molecule has 1 saturated heterocycles. The Kier molecular flexibility index (Phi) is 5.05. The number of ether oxygens (including phenoxy) is 2. The Balaban J connectivity index is 1.78. The lowest BCUT2D eigenvalue weighted by molar-refractivity contribution is -0.193. The molecule has 0 aromatic rings. The summed E-state index contributed by atoms with van der Waals surface area (Å²) >= 11 is 0. The minimum atomic E-state index is -0.219. The zero-order valence-electron chi connectivity index (χ0n) is 12.3. The second-order valence-electron chi connectivity index (χ2n) is 6.05. The minimum absolute atomic E-state index is 0.219. The summed E-state index contributed by atoms with van der Waals surface area (Å²) in [7, 11) is 2.15. The molecule has 0 aromatic carbocycles. The van der Waals surface area contributed by atoms with Crippen molar-refractivity contribution >= 4 is 0 Å². The van der Waals surface area contributed by atoms with Crippen molar-refractivity contribution in [3.05, 3.63) is 0 Å². The summed E-state index contributed by atoms with van der Waals surface area (Å²) in [5, 5.41) is 0. The molecule has 1 unspecified atom stereocenters. The van der Waals surface area contributed by atoms with Crippen molar-refractivity contribution in [3.8, 4) is 0 Å². The largest absolute Gasteiger partial charge is 0.347 e. The monoisotopic (exact) mass is 255 g/mol. The maximum absolute atomic E-state index is 6.22. The van der Waals surface area contributed by atoms with E-state index in [9.17, 15) is 0 Å². The van der Waals surface area contributed by atoms with Gasteiger partial charge in [-0.1, -0.05) is 26.7 Å². The molecular weight excluding hydrogens is 226 g/mol. The predicted octanol–water partition coefficient (Wildman–Crippen LogP) is 3.04. The zero-order chi connectivity index (χ0) is 13.0. The van der Waals surface area contributed by atoms with Crippen LogP contribution in [0.25, 0.3) is 0 Å². The first kappa shape index (κ1) is 14.3. The van der Waals surface area contributed by atoms with Gasteiger partial charge in [-0.05, 0) is 32.4 Å². The Morgan fingerprint density at radius 1 is 1.22 bits per heavy atom. The normalized spacial score (nSPS) is 36.7. The summed E-state index contributed by atoms with van der Waals surface area (Å²) in [4.78, 5) is 2.30. The summed E-state index contributed by atoms with van der Waals surface area (Å²) in [6.45, 7) is 7.32. The van der Waals surface area contributed by atoms with Gasteiger partial charge in [0.05, 0.1) is 12.7 Å². The van der Waals surface area contributed by atoms with Gasteiger partial charge in [-0.3, -0.25) is 0 Å². The van der Waals surface area contributed by atoms with Gasteiger partial charge in [0.15, 0.2) is 5.79 Å². The number of hydrogen-bond donors (Lipinski definition) is 0. The first-order valence-corrected chi connectivity index (χ1v) is 7.67. The Bertz CT molecular complexity index is 249. The van der Waals surface area contributed by atoms with Crippen LogP contribution in [0.5, 0.6) is 0 Å². The molecule has 1 saturated carbocycles. The molecule has 1 spiro atoms. The quantitative estimate of drug-likeness (QED) is 0.753. The lowest BCUT2D eigenvalue weighted by Crippen LogP contribution is -2.37. The second kappa shape index (κ2) is 6.36. The molecule has 0 amide bonds. The first-order valence-electron chi connectivity index (χ1n) is 7.67. The van der Waals surface area contributed by atoms with Crippen molar-refractivity contribution in [1.82, 2.24) is 4.90 Å². The van der Waals surface area contributed by atoms with E-state index >= 15 is 0 Å². The second-order valence-corrected chi connectivity index (χ2v) is 6.05. The van der Waals surface area contributed by atoms with Crippen LogP contribution in [-0.2, 0) is 9.47 Å². The highest BCUT2D eigenvalue weighted by Crippen LogP contribution is 2.41. The van der Waals surface area contributed by atoms with E-state index in [1.54, 1.807) is 0 Å². The van der Waals surface area contributed by atoms with Gasteiger partial charge in [-0.15, -0.1) is 0 Å². The van der Waals surface area contributed by atoms with Crippen LogP contribution in [0.1, 0.15) is 52.4 Å². The van der Waals surface area contributed by atoms with Crippen molar-refractivity contribution in [2.24, 2.45) is 5.92 Å². The van der Waals surface area contributed by atoms with Crippen LogP contribution in [-0.4, -0.2) is 43.5 Å². The van der Waals surface area contributed by atoms with Gasteiger partial charge < -0.3 is 14.4 Å². The molecule has 106 valence electrons. The fraction of sp³-hybridized carbons (Fsp3) is 1.00. The van der Waals surface area contributed by atoms with Gasteiger partial charge in [0.2, 0.25) is 0 Å². The molecular formula is C15H29NO2. The molecule has 1 heterocycles. The Morgan fingerprint density at radius 2 is 1.94 bits per heavy atom. The third kappa shape index (κ3) is 3.46. The smallest absolute Gasteiger partial charge is 0.168 e. The summed E-state index contributed by atoms with van der Waals surface area (Å²) < 4.78 is 12.2. The standard InChI is InChI=1S/C15H29NO2/c1-4-6-13-7-9-15(10-8-13)17-12-14(18-15)11-16(3)5-2/h13-14H,4-12H2,1-3H3. The van der Waals surface area contributed by atoms with Crippen LogP contribution in [0.2, 0.25) is 0 Å². The lowest BCUT2D eigenvalue weighted by atomic mass is 9.83. The molecule has 18 heavy (non-hydrogen) atoms. The molecule has 3 heteroatoms. The Morgan fingerprint density at radius 3 is 2.56 bits per heavy atom. The highest BCUT2D eigenvalue weighted by molar-refractivity contribution is 4.85. The third-order valence-electron chi connectivity index (χ3n) is 4.53. The molecule has 2 aliphatic rings. The molecule has 2 fully saturated rings. The molecule has 1 aliphatic carbocycles. The predicted molar refractivity (Wildman–Crippen MR) is 73.6 cm³/mol. The molecule has 2 rings (SSSR count). The van der Waals surface area contributed by atoms with E-state index in [4.69, 9.17) is 9.47 Å². The Hall–Kier alpha value is -0.120.